The Kier molecular flexibility index (Phi) is 7.17. The van der Waals surface area contributed by atoms with Crippen LogP contribution in [0, 0.1) is 6.92 Å². The molecular weight excluding hydrogens is 468 g/mol. The van der Waals surface area contributed by atoms with Gasteiger partial charge < -0.3 is 14.6 Å². The predicted molar refractivity (Wildman–Crippen MR) is 147 cm³/mol. The van der Waals surface area contributed by atoms with Gasteiger partial charge in [-0.1, -0.05) is 77.8 Å². The summed E-state index contributed by atoms with van der Waals surface area (Å²) in [6, 6.07) is 24.9. The number of hydrogen-bond donors (Lipinski definition) is 1. The number of para-hydroxylation sites is 1. The molecule has 4 aromatic rings. The number of nitrogens with one attached hydrogen (secondary N) is 1. The number of rotatable bonds is 8. The Morgan fingerprint density at radius 3 is 2.56 bits per heavy atom. The molecule has 1 amide bonds. The van der Waals surface area contributed by atoms with Crippen molar-refractivity contribution in [3.05, 3.63) is 106 Å². The second-order valence-electron chi connectivity index (χ2n) is 10.2. The zero-order chi connectivity index (χ0) is 25.1. The molecule has 1 fully saturated rings. The van der Waals surface area contributed by atoms with Gasteiger partial charge in [-0.3, -0.25) is 4.79 Å². The number of nitrogens with zero attached hydrogens (tertiary/aromatic N) is 1. The first-order valence-corrected chi connectivity index (χ1v) is 13.1. The van der Waals surface area contributed by atoms with Crippen molar-refractivity contribution in [2.45, 2.75) is 51.2 Å². The number of benzene rings is 3. The molecule has 5 heteroatoms. The smallest absolute Gasteiger partial charge is 0.221 e. The molecule has 0 saturated carbocycles. The van der Waals surface area contributed by atoms with Crippen molar-refractivity contribution >= 4 is 28.4 Å². The first kappa shape index (κ1) is 24.6. The van der Waals surface area contributed by atoms with Crippen molar-refractivity contribution in [2.24, 2.45) is 0 Å². The van der Waals surface area contributed by atoms with Crippen molar-refractivity contribution in [1.82, 2.24) is 9.88 Å². The van der Waals surface area contributed by atoms with Crippen LogP contribution >= 0.6 is 11.6 Å². The minimum Gasteiger partial charge on any atom is -0.373 e. The number of amides is 1. The van der Waals surface area contributed by atoms with Crippen LogP contribution in [-0.4, -0.2) is 29.2 Å². The highest BCUT2D eigenvalue weighted by Gasteiger charge is 2.31. The minimum absolute atomic E-state index is 0.00649. The van der Waals surface area contributed by atoms with Gasteiger partial charge in [-0.15, -0.1) is 0 Å². The Balaban J connectivity index is 1.49. The summed E-state index contributed by atoms with van der Waals surface area (Å²) in [5.41, 5.74) is 5.44. The van der Waals surface area contributed by atoms with E-state index in [1.54, 1.807) is 0 Å². The molecule has 0 radical (unpaired) electrons. The normalized spacial score (nSPS) is 18.4. The number of fused-ring (bicyclic) bond motifs is 1. The van der Waals surface area contributed by atoms with Crippen molar-refractivity contribution in [3.8, 4) is 0 Å². The summed E-state index contributed by atoms with van der Waals surface area (Å²) in [6.45, 7) is 6.22. The first-order chi connectivity index (χ1) is 17.4. The Labute approximate surface area is 218 Å². The SMILES string of the molecule is Cc1ccc(Cn2cc([C@@H](CC(=O)NC[C@@]3(C)CCCO3)c3ccccc3Cl)c3ccccc32)cc1. The third-order valence-electron chi connectivity index (χ3n) is 7.30. The van der Waals surface area contributed by atoms with Gasteiger partial charge in [0, 0.05) is 54.2 Å². The topological polar surface area (TPSA) is 43.3 Å². The van der Waals surface area contributed by atoms with Gasteiger partial charge in [0.1, 0.15) is 0 Å². The molecule has 3 aromatic carbocycles. The van der Waals surface area contributed by atoms with Crippen LogP contribution in [0.5, 0.6) is 0 Å². The van der Waals surface area contributed by atoms with E-state index in [2.05, 4.69) is 78.5 Å². The fraction of sp³-hybridized carbons (Fsp3) is 0.323. The lowest BCUT2D eigenvalue weighted by Gasteiger charge is -2.24. The summed E-state index contributed by atoms with van der Waals surface area (Å²) >= 11 is 6.70. The number of aromatic nitrogens is 1. The largest absolute Gasteiger partial charge is 0.373 e. The van der Waals surface area contributed by atoms with Gasteiger partial charge in [0.2, 0.25) is 5.91 Å². The number of halogens is 1. The molecule has 1 aliphatic heterocycles. The zero-order valence-corrected chi connectivity index (χ0v) is 21.7. The minimum atomic E-state index is -0.278. The third-order valence-corrected chi connectivity index (χ3v) is 7.64. The molecule has 0 unspecified atom stereocenters. The molecule has 2 atom stereocenters. The average Bonchev–Trinajstić information content (AvgIpc) is 3.48. The average molecular weight is 501 g/mol. The first-order valence-electron chi connectivity index (χ1n) is 12.7. The summed E-state index contributed by atoms with van der Waals surface area (Å²) < 4.78 is 8.15. The van der Waals surface area contributed by atoms with Crippen LogP contribution in [0.15, 0.2) is 79.0 Å². The number of ether oxygens (including phenoxy) is 1. The van der Waals surface area contributed by atoms with E-state index in [-0.39, 0.29) is 17.4 Å². The van der Waals surface area contributed by atoms with Crippen LogP contribution in [-0.2, 0) is 16.1 Å². The highest BCUT2D eigenvalue weighted by molar-refractivity contribution is 6.31. The number of hydrogen-bond acceptors (Lipinski definition) is 2. The summed E-state index contributed by atoms with van der Waals surface area (Å²) in [4.78, 5) is 13.3. The fourth-order valence-corrected chi connectivity index (χ4v) is 5.51. The van der Waals surface area contributed by atoms with E-state index in [1.165, 1.54) is 11.1 Å². The quantitative estimate of drug-likeness (QED) is 0.287. The molecule has 1 aliphatic rings. The van der Waals surface area contributed by atoms with Gasteiger partial charge in [-0.05, 0) is 55.5 Å². The van der Waals surface area contributed by atoms with E-state index in [1.807, 2.05) is 24.3 Å². The molecule has 0 bridgehead atoms. The van der Waals surface area contributed by atoms with E-state index in [9.17, 15) is 4.79 Å². The van der Waals surface area contributed by atoms with E-state index in [0.29, 0.717) is 18.0 Å². The molecule has 0 aliphatic carbocycles. The summed E-state index contributed by atoms with van der Waals surface area (Å²) in [6.07, 6.45) is 4.52. The highest BCUT2D eigenvalue weighted by atomic mass is 35.5. The van der Waals surface area contributed by atoms with Gasteiger partial charge in [-0.2, -0.15) is 0 Å². The lowest BCUT2D eigenvalue weighted by Crippen LogP contribution is -2.40. The lowest BCUT2D eigenvalue weighted by molar-refractivity contribution is -0.122. The van der Waals surface area contributed by atoms with Gasteiger partial charge >= 0.3 is 0 Å². The molecule has 2 heterocycles. The molecule has 5 rings (SSSR count). The maximum Gasteiger partial charge on any atom is 0.221 e. The van der Waals surface area contributed by atoms with E-state index >= 15 is 0 Å². The van der Waals surface area contributed by atoms with Crippen LogP contribution < -0.4 is 5.32 Å². The maximum atomic E-state index is 13.3. The molecule has 1 saturated heterocycles. The summed E-state index contributed by atoms with van der Waals surface area (Å²) in [5, 5.41) is 4.96. The number of carbonyl (C=O) groups is 1. The number of aryl methyl sites for hydroxylation is 1. The van der Waals surface area contributed by atoms with Crippen LogP contribution in [0.2, 0.25) is 5.02 Å². The van der Waals surface area contributed by atoms with Gasteiger partial charge in [0.15, 0.2) is 0 Å². The van der Waals surface area contributed by atoms with Gasteiger partial charge in [-0.25, -0.2) is 0 Å². The van der Waals surface area contributed by atoms with Crippen LogP contribution in [0.3, 0.4) is 0 Å². The Hall–Kier alpha value is -3.08. The lowest BCUT2D eigenvalue weighted by atomic mass is 9.88. The van der Waals surface area contributed by atoms with Crippen molar-refractivity contribution in [3.63, 3.8) is 0 Å². The van der Waals surface area contributed by atoms with Gasteiger partial charge in [0.05, 0.1) is 5.60 Å². The molecule has 186 valence electrons. The van der Waals surface area contributed by atoms with Crippen molar-refractivity contribution < 1.29 is 9.53 Å². The second kappa shape index (κ2) is 10.5. The predicted octanol–water partition coefficient (Wildman–Crippen LogP) is 6.86. The maximum absolute atomic E-state index is 13.3. The zero-order valence-electron chi connectivity index (χ0n) is 21.0. The van der Waals surface area contributed by atoms with Crippen molar-refractivity contribution in [2.75, 3.05) is 13.2 Å². The monoisotopic (exact) mass is 500 g/mol. The Morgan fingerprint density at radius 1 is 1.06 bits per heavy atom. The molecule has 0 spiro atoms. The molecule has 36 heavy (non-hydrogen) atoms. The van der Waals surface area contributed by atoms with Crippen LogP contribution in [0.4, 0.5) is 0 Å². The molecule has 1 aromatic heterocycles. The van der Waals surface area contributed by atoms with E-state index < -0.39 is 0 Å². The van der Waals surface area contributed by atoms with E-state index in [0.717, 1.165) is 48.0 Å². The summed E-state index contributed by atoms with van der Waals surface area (Å²) in [5.74, 6) is -0.160. The van der Waals surface area contributed by atoms with E-state index in [4.69, 9.17) is 16.3 Å². The molecular formula is C31H33ClN2O2. The highest BCUT2D eigenvalue weighted by Crippen LogP contribution is 2.38. The van der Waals surface area contributed by atoms with Crippen LogP contribution in [0.1, 0.15) is 54.4 Å². The fourth-order valence-electron chi connectivity index (χ4n) is 5.24. The van der Waals surface area contributed by atoms with Crippen molar-refractivity contribution in [1.29, 1.82) is 0 Å². The second-order valence-corrected chi connectivity index (χ2v) is 10.6. The number of carbonyl (C=O) groups excluding carboxylic acids is 1. The van der Waals surface area contributed by atoms with Crippen LogP contribution in [0.25, 0.3) is 10.9 Å². The third kappa shape index (κ3) is 5.35. The molecule has 4 nitrogen and oxygen atoms in total. The van der Waals surface area contributed by atoms with Gasteiger partial charge in [0.25, 0.3) is 0 Å². The summed E-state index contributed by atoms with van der Waals surface area (Å²) in [7, 11) is 0. The molecule has 1 N–H and O–H groups in total. The Bertz CT molecular complexity index is 1350. The Morgan fingerprint density at radius 2 is 1.81 bits per heavy atom. The standard InChI is InChI=1S/C31H33ClN2O2/c1-22-12-14-23(15-13-22)19-34-20-27(25-9-4-6-11-29(25)34)26(24-8-3-5-10-28(24)32)18-30(35)33-21-31(2)16-7-17-36-31/h3-6,8-15,20,26H,7,16-19,21H2,1-2H3,(H,33,35)/t26-,31+/m0/s1.